The molecule has 1 amide bonds. The van der Waals surface area contributed by atoms with Gasteiger partial charge in [-0.1, -0.05) is 0 Å². The monoisotopic (exact) mass is 291 g/mol. The molecular formula is C16H25N3O2. The number of carbonyl (C=O) groups excluding carboxylic acids is 1. The van der Waals surface area contributed by atoms with Crippen LogP contribution in [0.4, 0.5) is 5.69 Å². The molecular weight excluding hydrogens is 266 g/mol. The van der Waals surface area contributed by atoms with E-state index in [4.69, 9.17) is 10.5 Å². The van der Waals surface area contributed by atoms with Gasteiger partial charge in [-0.05, 0) is 45.9 Å². The lowest BCUT2D eigenvalue weighted by Crippen LogP contribution is -2.47. The summed E-state index contributed by atoms with van der Waals surface area (Å²) in [7, 11) is 2.12. The fourth-order valence-electron chi connectivity index (χ4n) is 2.69. The highest BCUT2D eigenvalue weighted by atomic mass is 16.5. The summed E-state index contributed by atoms with van der Waals surface area (Å²) in [6.07, 6.45) is 1.95. The molecule has 116 valence electrons. The number of hydrogen-bond donors (Lipinski definition) is 2. The Hall–Kier alpha value is -1.75. The molecule has 1 saturated heterocycles. The van der Waals surface area contributed by atoms with Crippen molar-refractivity contribution >= 4 is 11.6 Å². The van der Waals surface area contributed by atoms with Crippen LogP contribution in [0, 0.1) is 0 Å². The summed E-state index contributed by atoms with van der Waals surface area (Å²) in [5.41, 5.74) is 6.94. The minimum atomic E-state index is -0.0787. The van der Waals surface area contributed by atoms with Gasteiger partial charge >= 0.3 is 0 Å². The van der Waals surface area contributed by atoms with Crippen LogP contribution >= 0.6 is 0 Å². The number of carbonyl (C=O) groups is 1. The van der Waals surface area contributed by atoms with Crippen LogP contribution in [0.25, 0.3) is 0 Å². The van der Waals surface area contributed by atoms with E-state index in [0.29, 0.717) is 29.6 Å². The number of hydrogen-bond acceptors (Lipinski definition) is 4. The Balaban J connectivity index is 2.03. The van der Waals surface area contributed by atoms with Gasteiger partial charge in [-0.3, -0.25) is 4.79 Å². The predicted octanol–water partition coefficient (Wildman–Crippen LogP) is 1.88. The predicted molar refractivity (Wildman–Crippen MR) is 84.6 cm³/mol. The average Bonchev–Trinajstić information content (AvgIpc) is 2.42. The van der Waals surface area contributed by atoms with Crippen molar-refractivity contribution in [2.75, 3.05) is 25.9 Å². The molecule has 1 aromatic rings. The molecule has 0 radical (unpaired) electrons. The Labute approximate surface area is 126 Å². The number of amides is 1. The number of benzene rings is 1. The lowest BCUT2D eigenvalue weighted by atomic mass is 9.98. The summed E-state index contributed by atoms with van der Waals surface area (Å²) >= 11 is 0. The second-order valence-corrected chi connectivity index (χ2v) is 5.75. The lowest BCUT2D eigenvalue weighted by molar-refractivity contribution is 0.0896. The SMILES string of the molecule is CCOc1cc(N)cc(C(=O)NC2CCN(C)C(C)C2)c1. The molecule has 0 aliphatic carbocycles. The normalized spacial score (nSPS) is 22.8. The van der Waals surface area contributed by atoms with E-state index < -0.39 is 0 Å². The molecule has 1 fully saturated rings. The van der Waals surface area contributed by atoms with Gasteiger partial charge in [0.15, 0.2) is 0 Å². The fourth-order valence-corrected chi connectivity index (χ4v) is 2.69. The summed E-state index contributed by atoms with van der Waals surface area (Å²) in [6.45, 7) is 5.65. The second-order valence-electron chi connectivity index (χ2n) is 5.75. The summed E-state index contributed by atoms with van der Waals surface area (Å²) in [6, 6.07) is 5.88. The van der Waals surface area contributed by atoms with E-state index in [1.54, 1.807) is 18.2 Å². The average molecular weight is 291 g/mol. The molecule has 1 heterocycles. The first kappa shape index (κ1) is 15.6. The topological polar surface area (TPSA) is 67.6 Å². The zero-order chi connectivity index (χ0) is 15.4. The van der Waals surface area contributed by atoms with E-state index in [2.05, 4.69) is 24.2 Å². The molecule has 0 aromatic heterocycles. The number of nitrogens with one attached hydrogen (secondary N) is 1. The summed E-state index contributed by atoms with van der Waals surface area (Å²) in [5.74, 6) is 0.560. The van der Waals surface area contributed by atoms with Gasteiger partial charge in [0.25, 0.3) is 5.91 Å². The van der Waals surface area contributed by atoms with E-state index in [0.717, 1.165) is 19.4 Å². The first-order valence-electron chi connectivity index (χ1n) is 7.54. The maximum atomic E-state index is 12.4. The molecule has 2 atom stereocenters. The highest BCUT2D eigenvalue weighted by Gasteiger charge is 2.24. The molecule has 1 aromatic carbocycles. The molecule has 1 aliphatic heterocycles. The number of nitrogens with zero attached hydrogens (tertiary/aromatic N) is 1. The van der Waals surface area contributed by atoms with Crippen LogP contribution in [0.5, 0.6) is 5.75 Å². The summed E-state index contributed by atoms with van der Waals surface area (Å²) in [5, 5.41) is 3.11. The number of ether oxygens (including phenoxy) is 1. The molecule has 0 spiro atoms. The van der Waals surface area contributed by atoms with Crippen molar-refractivity contribution in [1.29, 1.82) is 0 Å². The number of nitrogens with two attached hydrogens (primary N) is 1. The maximum absolute atomic E-state index is 12.4. The Morgan fingerprint density at radius 1 is 1.48 bits per heavy atom. The smallest absolute Gasteiger partial charge is 0.251 e. The third-order valence-electron chi connectivity index (χ3n) is 4.05. The van der Waals surface area contributed by atoms with Crippen molar-refractivity contribution in [2.24, 2.45) is 0 Å². The minimum Gasteiger partial charge on any atom is -0.494 e. The Morgan fingerprint density at radius 3 is 2.90 bits per heavy atom. The van der Waals surface area contributed by atoms with Gasteiger partial charge in [-0.25, -0.2) is 0 Å². The van der Waals surface area contributed by atoms with Gasteiger partial charge in [0, 0.05) is 35.9 Å². The zero-order valence-electron chi connectivity index (χ0n) is 13.1. The highest BCUT2D eigenvalue weighted by molar-refractivity contribution is 5.95. The molecule has 21 heavy (non-hydrogen) atoms. The Kier molecular flexibility index (Phi) is 5.07. The van der Waals surface area contributed by atoms with Crippen LogP contribution in [-0.2, 0) is 0 Å². The highest BCUT2D eigenvalue weighted by Crippen LogP contribution is 2.20. The zero-order valence-corrected chi connectivity index (χ0v) is 13.1. The summed E-state index contributed by atoms with van der Waals surface area (Å²) < 4.78 is 5.43. The lowest BCUT2D eigenvalue weighted by Gasteiger charge is -2.35. The summed E-state index contributed by atoms with van der Waals surface area (Å²) in [4.78, 5) is 14.7. The largest absolute Gasteiger partial charge is 0.494 e. The standard InChI is InChI=1S/C16H25N3O2/c1-4-21-15-9-12(8-13(17)10-15)16(20)18-14-5-6-19(3)11(2)7-14/h8-11,14H,4-7,17H2,1-3H3,(H,18,20). The van der Waals surface area contributed by atoms with Crippen LogP contribution in [0.1, 0.15) is 37.0 Å². The number of likely N-dealkylation sites (tertiary alicyclic amines) is 1. The van der Waals surface area contributed by atoms with Crippen molar-refractivity contribution in [1.82, 2.24) is 10.2 Å². The van der Waals surface area contributed by atoms with Crippen LogP contribution < -0.4 is 15.8 Å². The van der Waals surface area contributed by atoms with Crippen LogP contribution in [0.3, 0.4) is 0 Å². The third-order valence-corrected chi connectivity index (χ3v) is 4.05. The van der Waals surface area contributed by atoms with Crippen LogP contribution in [-0.4, -0.2) is 43.1 Å². The molecule has 0 saturated carbocycles. The Morgan fingerprint density at radius 2 is 2.24 bits per heavy atom. The number of nitrogen functional groups attached to an aromatic ring is 1. The van der Waals surface area contributed by atoms with Gasteiger partial charge in [0.05, 0.1) is 6.61 Å². The number of piperidine rings is 1. The van der Waals surface area contributed by atoms with Gasteiger partial charge in [-0.2, -0.15) is 0 Å². The maximum Gasteiger partial charge on any atom is 0.251 e. The molecule has 0 bridgehead atoms. The molecule has 5 heteroatoms. The Bertz CT molecular complexity index is 504. The van der Waals surface area contributed by atoms with Crippen LogP contribution in [0.15, 0.2) is 18.2 Å². The molecule has 2 unspecified atom stereocenters. The van der Waals surface area contributed by atoms with Crippen molar-refractivity contribution in [3.63, 3.8) is 0 Å². The van der Waals surface area contributed by atoms with E-state index in [9.17, 15) is 4.79 Å². The quantitative estimate of drug-likeness (QED) is 0.831. The molecule has 2 rings (SSSR count). The van der Waals surface area contributed by atoms with Crippen molar-refractivity contribution < 1.29 is 9.53 Å². The number of anilines is 1. The van der Waals surface area contributed by atoms with Crippen molar-refractivity contribution in [3.8, 4) is 5.75 Å². The van der Waals surface area contributed by atoms with Crippen molar-refractivity contribution in [3.05, 3.63) is 23.8 Å². The van der Waals surface area contributed by atoms with Gasteiger partial charge in [0.2, 0.25) is 0 Å². The number of rotatable bonds is 4. The van der Waals surface area contributed by atoms with Gasteiger partial charge < -0.3 is 20.7 Å². The molecule has 3 N–H and O–H groups in total. The van der Waals surface area contributed by atoms with E-state index in [1.165, 1.54) is 0 Å². The van der Waals surface area contributed by atoms with E-state index in [1.807, 2.05) is 6.92 Å². The van der Waals surface area contributed by atoms with Crippen LogP contribution in [0.2, 0.25) is 0 Å². The first-order valence-corrected chi connectivity index (χ1v) is 7.54. The second kappa shape index (κ2) is 6.80. The molecule has 1 aliphatic rings. The van der Waals surface area contributed by atoms with Gasteiger partial charge in [-0.15, -0.1) is 0 Å². The van der Waals surface area contributed by atoms with Gasteiger partial charge in [0.1, 0.15) is 5.75 Å². The van der Waals surface area contributed by atoms with Crippen molar-refractivity contribution in [2.45, 2.75) is 38.8 Å². The van der Waals surface area contributed by atoms with E-state index >= 15 is 0 Å². The first-order chi connectivity index (χ1) is 9.99. The minimum absolute atomic E-state index is 0.0787. The fraction of sp³-hybridized carbons (Fsp3) is 0.562. The van der Waals surface area contributed by atoms with E-state index in [-0.39, 0.29) is 11.9 Å². The third kappa shape index (κ3) is 4.11. The molecule has 5 nitrogen and oxygen atoms in total.